The molecule has 0 fully saturated rings. The summed E-state index contributed by atoms with van der Waals surface area (Å²) in [6.07, 6.45) is 7.25. The van der Waals surface area contributed by atoms with Gasteiger partial charge in [-0.25, -0.2) is 19.3 Å². The van der Waals surface area contributed by atoms with Gasteiger partial charge in [0, 0.05) is 6.54 Å². The molecule has 2 aromatic heterocycles. The molecule has 0 N–H and O–H groups in total. The predicted molar refractivity (Wildman–Crippen MR) is 282 cm³/mol. The molecule has 0 aliphatic carbocycles. The van der Waals surface area contributed by atoms with Crippen molar-refractivity contribution in [2.24, 2.45) is 0 Å². The second-order valence-corrected chi connectivity index (χ2v) is 18.3. The van der Waals surface area contributed by atoms with Crippen LogP contribution in [0.15, 0.2) is 177 Å². The van der Waals surface area contributed by atoms with Crippen LogP contribution in [0.25, 0.3) is 11.1 Å². The number of aromatic nitrogens is 6. The number of likely N-dealkylation sites (N-methyl/N-ethyl adjacent to an activating group) is 1. The molecule has 12 nitrogen and oxygen atoms in total. The van der Waals surface area contributed by atoms with Crippen molar-refractivity contribution in [2.45, 2.75) is 64.5 Å². The van der Waals surface area contributed by atoms with Gasteiger partial charge >= 0.3 is 0 Å². The summed E-state index contributed by atoms with van der Waals surface area (Å²) < 4.78 is 9.35. The highest BCUT2D eigenvalue weighted by atomic mass is 16.5. The van der Waals surface area contributed by atoms with Crippen LogP contribution in [-0.2, 0) is 17.4 Å². The average Bonchev–Trinajstić information content (AvgIpc) is 4.15. The summed E-state index contributed by atoms with van der Waals surface area (Å²) in [4.78, 5) is 10.1. The number of nitrogens with zero attached hydrogens (tertiary/aromatic N) is 11. The van der Waals surface area contributed by atoms with Crippen molar-refractivity contribution >= 4 is 11.1 Å². The van der Waals surface area contributed by atoms with Crippen LogP contribution >= 0.6 is 0 Å². The van der Waals surface area contributed by atoms with E-state index < -0.39 is 10.8 Å². The minimum atomic E-state index is -0.612. The van der Waals surface area contributed by atoms with Gasteiger partial charge in [-0.1, -0.05) is 122 Å². The smallest absolute Gasteiger partial charge is 0.137 e. The van der Waals surface area contributed by atoms with Crippen LogP contribution in [0.1, 0.15) is 103 Å². The molecule has 0 aliphatic rings. The van der Waals surface area contributed by atoms with E-state index >= 15 is 0 Å². The summed E-state index contributed by atoms with van der Waals surface area (Å²) in [5, 5.41) is 45.0. The third-order valence-corrected chi connectivity index (χ3v) is 12.0. The fourth-order valence-corrected chi connectivity index (χ4v) is 7.81. The predicted octanol–water partition coefficient (Wildman–Crippen LogP) is 11.6. The lowest BCUT2D eigenvalue weighted by molar-refractivity contribution is 0.261. The van der Waals surface area contributed by atoms with E-state index in [4.69, 9.17) is 15.3 Å². The average molecular weight is 950 g/mol. The van der Waals surface area contributed by atoms with Gasteiger partial charge < -0.3 is 9.64 Å². The Morgan fingerprint density at radius 1 is 0.611 bits per heavy atom. The van der Waals surface area contributed by atoms with Gasteiger partial charge in [-0.15, -0.1) is 0 Å². The zero-order valence-electron chi connectivity index (χ0n) is 42.0. The van der Waals surface area contributed by atoms with Crippen LogP contribution < -0.4 is 4.74 Å². The number of nitriles is 4. The first-order valence-corrected chi connectivity index (χ1v) is 23.6. The number of allylic oxidation sites excluding steroid dienone is 1. The molecule has 0 radical (unpaired) electrons. The first kappa shape index (κ1) is 52.4. The molecule has 0 saturated carbocycles. The van der Waals surface area contributed by atoms with E-state index in [1.807, 2.05) is 70.2 Å². The Morgan fingerprint density at radius 3 is 1.56 bits per heavy atom. The van der Waals surface area contributed by atoms with E-state index in [-0.39, 0.29) is 6.04 Å². The van der Waals surface area contributed by atoms with Gasteiger partial charge in [0.05, 0.1) is 52.8 Å². The van der Waals surface area contributed by atoms with Crippen LogP contribution in [-0.4, -0.2) is 61.7 Å². The van der Waals surface area contributed by atoms with E-state index in [1.165, 1.54) is 40.5 Å². The summed E-state index contributed by atoms with van der Waals surface area (Å²) in [7, 11) is 4.11. The van der Waals surface area contributed by atoms with Gasteiger partial charge in [-0.05, 0) is 140 Å². The van der Waals surface area contributed by atoms with Crippen molar-refractivity contribution in [3.8, 4) is 30.0 Å². The van der Waals surface area contributed by atoms with Crippen molar-refractivity contribution in [1.82, 2.24) is 34.4 Å². The zero-order chi connectivity index (χ0) is 51.5. The molecular weight excluding hydrogens is 891 g/mol. The molecule has 6 aromatic carbocycles. The maximum atomic E-state index is 9.40. The summed E-state index contributed by atoms with van der Waals surface area (Å²) in [5.74, 6) is 0.913. The summed E-state index contributed by atoms with van der Waals surface area (Å²) in [5.41, 5.74) is 11.2. The molecule has 0 spiro atoms. The van der Waals surface area contributed by atoms with Gasteiger partial charge in [0.15, 0.2) is 0 Å². The van der Waals surface area contributed by atoms with Gasteiger partial charge in [0.25, 0.3) is 0 Å². The Kier molecular flexibility index (Phi) is 18.3. The Labute approximate surface area is 424 Å². The maximum Gasteiger partial charge on any atom is 0.137 e. The first-order chi connectivity index (χ1) is 34.8. The molecule has 0 atom stereocenters. The Balaban J connectivity index is 0.000000178. The Bertz CT molecular complexity index is 3050. The Morgan fingerprint density at radius 2 is 1.11 bits per heavy atom. The normalized spacial score (nSPS) is 11.3. The van der Waals surface area contributed by atoms with Crippen LogP contribution in [0.2, 0.25) is 0 Å². The highest BCUT2D eigenvalue weighted by molar-refractivity contribution is 5.98. The van der Waals surface area contributed by atoms with Crippen LogP contribution in [0.5, 0.6) is 5.75 Å². The van der Waals surface area contributed by atoms with Crippen molar-refractivity contribution in [3.05, 3.63) is 233 Å². The van der Waals surface area contributed by atoms with Crippen molar-refractivity contribution < 1.29 is 4.74 Å². The molecule has 0 saturated heterocycles. The number of rotatable bonds is 15. The molecule has 0 amide bonds. The van der Waals surface area contributed by atoms with E-state index in [0.717, 1.165) is 46.5 Å². The fourth-order valence-electron chi connectivity index (χ4n) is 7.81. The quantitative estimate of drug-likeness (QED) is 0.0901. The molecule has 0 unspecified atom stereocenters. The minimum absolute atomic E-state index is 0.150. The molecule has 2 heterocycles. The second-order valence-electron chi connectivity index (χ2n) is 18.3. The highest BCUT2D eigenvalue weighted by Crippen LogP contribution is 2.35. The lowest BCUT2D eigenvalue weighted by atomic mass is 9.79. The summed E-state index contributed by atoms with van der Waals surface area (Å²) in [6, 6.07) is 59.2. The lowest BCUT2D eigenvalue weighted by Crippen LogP contribution is -2.20. The largest absolute Gasteiger partial charge is 0.492 e. The monoisotopic (exact) mass is 949 g/mol. The molecular formula is C60H59N11O. The minimum Gasteiger partial charge on any atom is -0.492 e. The highest BCUT2D eigenvalue weighted by Gasteiger charge is 2.26. The van der Waals surface area contributed by atoms with Gasteiger partial charge in [-0.3, -0.25) is 0 Å². The zero-order valence-corrected chi connectivity index (χ0v) is 42.0. The third-order valence-electron chi connectivity index (χ3n) is 12.0. The van der Waals surface area contributed by atoms with Gasteiger partial charge in [0.2, 0.25) is 0 Å². The molecule has 12 heteroatoms. The van der Waals surface area contributed by atoms with E-state index in [9.17, 15) is 10.5 Å². The molecule has 0 bridgehead atoms. The summed E-state index contributed by atoms with van der Waals surface area (Å²) in [6.45, 7) is 11.9. The fraction of sp³-hybridized carbons (Fsp3) is 0.233. The van der Waals surface area contributed by atoms with Gasteiger partial charge in [0.1, 0.15) is 43.7 Å². The van der Waals surface area contributed by atoms with E-state index in [2.05, 4.69) is 155 Å². The molecule has 8 aromatic rings. The van der Waals surface area contributed by atoms with Crippen LogP contribution in [0.4, 0.5) is 0 Å². The second kappa shape index (κ2) is 25.1. The van der Waals surface area contributed by atoms with Crippen molar-refractivity contribution in [1.29, 1.82) is 21.0 Å². The van der Waals surface area contributed by atoms with Crippen LogP contribution in [0, 0.1) is 45.3 Å². The number of hydrogen-bond acceptors (Lipinski definition) is 10. The molecule has 0 aliphatic heterocycles. The van der Waals surface area contributed by atoms with E-state index in [1.54, 1.807) is 46.3 Å². The number of benzene rings is 6. The molecule has 8 rings (SSSR count). The van der Waals surface area contributed by atoms with Crippen molar-refractivity contribution in [3.63, 3.8) is 0 Å². The number of hydrogen-bond donors (Lipinski definition) is 0. The lowest BCUT2D eigenvalue weighted by Gasteiger charge is -2.23. The molecule has 360 valence electrons. The van der Waals surface area contributed by atoms with Crippen LogP contribution in [0.3, 0.4) is 0 Å². The number of ether oxygens (including phenoxy) is 1. The summed E-state index contributed by atoms with van der Waals surface area (Å²) >= 11 is 0. The van der Waals surface area contributed by atoms with Crippen molar-refractivity contribution in [2.75, 3.05) is 27.2 Å². The van der Waals surface area contributed by atoms with Gasteiger partial charge in [-0.2, -0.15) is 31.2 Å². The maximum absolute atomic E-state index is 9.40. The van der Waals surface area contributed by atoms with E-state index in [0.29, 0.717) is 24.3 Å². The SMILES string of the molecule is CC(C)(C#N)c1cc(Cn2cncn2)cc(C(C)(C)C#N)c1.CC/C(=C(\c1ccccc1)c1ccc(OCCN(C)C)cc1)c1ccccc1.N#Cc1ccc(C(c2ccc(C#N)cc2)n2cncn2)cc1. The first-order valence-electron chi connectivity index (χ1n) is 23.6. The molecule has 72 heavy (non-hydrogen) atoms. The topological polar surface area (TPSA) is 169 Å². The third kappa shape index (κ3) is 14.1. The standard InChI is InChI=1S/C26H29NO.C17H11N5.C17H19N5/c1-4-25(21-11-7-5-8-12-21)26(22-13-9-6-10-14-22)23-15-17-24(18-16-23)28-20-19-27(2)3;18-9-13-1-5-15(6-2-13)17(22-12-20-11-21-22)16-7-3-14(10-19)4-8-16;1-16(2,9-18)14-5-13(8-22-12-20-11-21-22)6-15(7-14)17(3,4)10-19/h5-18H,4,19-20H2,1-3H3;1-8,11-12,17H;5-7,11-12H,8H2,1-4H3/b26-25-;;. The Hall–Kier alpha value is -8.94.